The first kappa shape index (κ1) is 15.8. The molecule has 0 amide bonds. The Morgan fingerprint density at radius 3 is 2.45 bits per heavy atom. The van der Waals surface area contributed by atoms with E-state index >= 15 is 0 Å². The zero-order valence-corrected chi connectivity index (χ0v) is 13.1. The van der Waals surface area contributed by atoms with Gasteiger partial charge in [-0.05, 0) is 50.9 Å². The van der Waals surface area contributed by atoms with Crippen molar-refractivity contribution >= 4 is 5.97 Å². The molecule has 4 heteroatoms. The summed E-state index contributed by atoms with van der Waals surface area (Å²) in [6.07, 6.45) is 7.25. The van der Waals surface area contributed by atoms with Gasteiger partial charge in [0.2, 0.25) is 0 Å². The average molecular weight is 283 g/mol. The van der Waals surface area contributed by atoms with Crippen molar-refractivity contribution in [2.24, 2.45) is 5.41 Å². The molecule has 2 aliphatic rings. The normalized spacial score (nSPS) is 24.4. The van der Waals surface area contributed by atoms with Crippen molar-refractivity contribution < 1.29 is 14.3 Å². The van der Waals surface area contributed by atoms with Gasteiger partial charge in [0.25, 0.3) is 0 Å². The summed E-state index contributed by atoms with van der Waals surface area (Å²) in [5.41, 5.74) is 0.451. The van der Waals surface area contributed by atoms with Crippen LogP contribution >= 0.6 is 0 Å². The molecular formula is C16H29NO3. The van der Waals surface area contributed by atoms with Crippen molar-refractivity contribution in [3.05, 3.63) is 0 Å². The molecule has 2 saturated carbocycles. The summed E-state index contributed by atoms with van der Waals surface area (Å²) in [5, 5.41) is 3.33. The van der Waals surface area contributed by atoms with Crippen molar-refractivity contribution in [2.75, 3.05) is 13.2 Å². The lowest BCUT2D eigenvalue weighted by molar-refractivity contribution is -0.148. The monoisotopic (exact) mass is 283 g/mol. The molecule has 1 N–H and O–H groups in total. The number of nitrogens with one attached hydrogen (secondary N) is 1. The molecule has 0 heterocycles. The van der Waals surface area contributed by atoms with Gasteiger partial charge in [0.15, 0.2) is 0 Å². The highest BCUT2D eigenvalue weighted by Crippen LogP contribution is 2.36. The van der Waals surface area contributed by atoms with Crippen LogP contribution in [0.5, 0.6) is 0 Å². The molecule has 116 valence electrons. The van der Waals surface area contributed by atoms with Crippen LogP contribution in [0.3, 0.4) is 0 Å². The van der Waals surface area contributed by atoms with E-state index in [0.29, 0.717) is 30.8 Å². The Kier molecular flexibility index (Phi) is 5.44. The second-order valence-corrected chi connectivity index (χ2v) is 6.94. The summed E-state index contributed by atoms with van der Waals surface area (Å²) in [5.74, 6) is -0.171. The summed E-state index contributed by atoms with van der Waals surface area (Å²) in [4.78, 5) is 11.9. The third-order valence-electron chi connectivity index (χ3n) is 4.37. The lowest BCUT2D eigenvalue weighted by Gasteiger charge is -2.34. The van der Waals surface area contributed by atoms with Crippen LogP contribution in [0.25, 0.3) is 0 Å². The Bertz CT molecular complexity index is 316. The van der Waals surface area contributed by atoms with Crippen molar-refractivity contribution in [1.29, 1.82) is 0 Å². The molecule has 2 fully saturated rings. The molecule has 1 unspecified atom stereocenters. The van der Waals surface area contributed by atoms with Gasteiger partial charge in [-0.15, -0.1) is 0 Å². The van der Waals surface area contributed by atoms with Crippen molar-refractivity contribution in [2.45, 2.75) is 77.5 Å². The van der Waals surface area contributed by atoms with Crippen LogP contribution in [0.2, 0.25) is 0 Å². The standard InChI is InChI=1S/C16H29NO3/c1-4-19-15(18)14(17-12-5-6-12)11-20-13-7-9-16(2,3)10-8-13/h12-14,17H,4-11H2,1-3H3. The highest BCUT2D eigenvalue weighted by atomic mass is 16.5. The molecule has 4 nitrogen and oxygen atoms in total. The van der Waals surface area contributed by atoms with Gasteiger partial charge in [-0.25, -0.2) is 0 Å². The highest BCUT2D eigenvalue weighted by Gasteiger charge is 2.31. The summed E-state index contributed by atoms with van der Waals surface area (Å²) in [6, 6.07) is 0.190. The molecule has 2 rings (SSSR count). The molecule has 0 aromatic heterocycles. The predicted octanol–water partition coefficient (Wildman–Crippen LogP) is 2.66. The van der Waals surface area contributed by atoms with E-state index in [1.807, 2.05) is 6.92 Å². The molecular weight excluding hydrogens is 254 g/mol. The third-order valence-corrected chi connectivity index (χ3v) is 4.37. The van der Waals surface area contributed by atoms with Crippen molar-refractivity contribution in [3.63, 3.8) is 0 Å². The molecule has 0 aromatic rings. The minimum Gasteiger partial charge on any atom is -0.465 e. The largest absolute Gasteiger partial charge is 0.465 e. The minimum atomic E-state index is -0.294. The molecule has 0 spiro atoms. The fraction of sp³-hybridized carbons (Fsp3) is 0.938. The second kappa shape index (κ2) is 6.90. The van der Waals surface area contributed by atoms with E-state index in [0.717, 1.165) is 25.7 Å². The molecule has 2 aliphatic carbocycles. The lowest BCUT2D eigenvalue weighted by atomic mass is 9.76. The van der Waals surface area contributed by atoms with Gasteiger partial charge in [-0.2, -0.15) is 0 Å². The van der Waals surface area contributed by atoms with E-state index in [1.165, 1.54) is 12.8 Å². The van der Waals surface area contributed by atoms with Crippen LogP contribution in [0, 0.1) is 5.41 Å². The van der Waals surface area contributed by atoms with Crippen LogP contribution in [0.4, 0.5) is 0 Å². The molecule has 0 aromatic carbocycles. The number of hydrogen-bond donors (Lipinski definition) is 1. The van der Waals surface area contributed by atoms with Crippen LogP contribution in [-0.2, 0) is 14.3 Å². The number of ether oxygens (including phenoxy) is 2. The topological polar surface area (TPSA) is 47.6 Å². The molecule has 0 saturated heterocycles. The number of carbonyl (C=O) groups excluding carboxylic acids is 1. The van der Waals surface area contributed by atoms with Crippen LogP contribution in [0.1, 0.15) is 59.3 Å². The first-order chi connectivity index (χ1) is 9.50. The van der Waals surface area contributed by atoms with E-state index in [-0.39, 0.29) is 12.0 Å². The van der Waals surface area contributed by atoms with E-state index in [9.17, 15) is 4.79 Å². The quantitative estimate of drug-likeness (QED) is 0.730. The fourth-order valence-corrected chi connectivity index (χ4v) is 2.73. The third kappa shape index (κ3) is 5.06. The van der Waals surface area contributed by atoms with Gasteiger partial charge in [0, 0.05) is 6.04 Å². The highest BCUT2D eigenvalue weighted by molar-refractivity contribution is 5.76. The second-order valence-electron chi connectivity index (χ2n) is 6.94. The number of esters is 1. The van der Waals surface area contributed by atoms with Crippen LogP contribution in [0.15, 0.2) is 0 Å². The SMILES string of the molecule is CCOC(=O)C(COC1CCC(C)(C)CC1)NC1CC1. The summed E-state index contributed by atoms with van der Waals surface area (Å²) in [6.45, 7) is 7.36. The Labute approximate surface area is 122 Å². The smallest absolute Gasteiger partial charge is 0.325 e. The van der Waals surface area contributed by atoms with Crippen LogP contribution < -0.4 is 5.32 Å². The van der Waals surface area contributed by atoms with E-state index in [2.05, 4.69) is 19.2 Å². The number of rotatable bonds is 7. The van der Waals surface area contributed by atoms with Gasteiger partial charge in [0.1, 0.15) is 6.04 Å². The molecule has 1 atom stereocenters. The molecule has 20 heavy (non-hydrogen) atoms. The van der Waals surface area contributed by atoms with Crippen molar-refractivity contribution in [1.82, 2.24) is 5.32 Å². The van der Waals surface area contributed by atoms with Gasteiger partial charge in [0.05, 0.1) is 19.3 Å². The lowest BCUT2D eigenvalue weighted by Crippen LogP contribution is -2.44. The Hall–Kier alpha value is -0.610. The summed E-state index contributed by atoms with van der Waals surface area (Å²) >= 11 is 0. The fourth-order valence-electron chi connectivity index (χ4n) is 2.73. The summed E-state index contributed by atoms with van der Waals surface area (Å²) in [7, 11) is 0. The maximum atomic E-state index is 11.9. The van der Waals surface area contributed by atoms with E-state index in [4.69, 9.17) is 9.47 Å². The zero-order valence-electron chi connectivity index (χ0n) is 13.1. The van der Waals surface area contributed by atoms with Gasteiger partial charge >= 0.3 is 5.97 Å². The molecule has 0 aliphatic heterocycles. The maximum Gasteiger partial charge on any atom is 0.325 e. The number of carbonyl (C=O) groups is 1. The Morgan fingerprint density at radius 1 is 1.25 bits per heavy atom. The molecule has 0 bridgehead atoms. The number of hydrogen-bond acceptors (Lipinski definition) is 4. The average Bonchev–Trinajstić information content (AvgIpc) is 3.20. The minimum absolute atomic E-state index is 0.171. The maximum absolute atomic E-state index is 11.9. The summed E-state index contributed by atoms with van der Waals surface area (Å²) < 4.78 is 11.1. The zero-order chi connectivity index (χ0) is 14.6. The Balaban J connectivity index is 1.74. The Morgan fingerprint density at radius 2 is 1.90 bits per heavy atom. The van der Waals surface area contributed by atoms with Crippen LogP contribution in [-0.4, -0.2) is 37.4 Å². The van der Waals surface area contributed by atoms with Gasteiger partial charge < -0.3 is 9.47 Å². The van der Waals surface area contributed by atoms with E-state index in [1.54, 1.807) is 0 Å². The van der Waals surface area contributed by atoms with Gasteiger partial charge in [-0.3, -0.25) is 10.1 Å². The van der Waals surface area contributed by atoms with Crippen molar-refractivity contribution in [3.8, 4) is 0 Å². The first-order valence-electron chi connectivity index (χ1n) is 8.04. The van der Waals surface area contributed by atoms with E-state index < -0.39 is 0 Å². The first-order valence-corrected chi connectivity index (χ1v) is 8.04. The molecule has 0 radical (unpaired) electrons. The van der Waals surface area contributed by atoms with Gasteiger partial charge in [-0.1, -0.05) is 13.8 Å². The predicted molar refractivity (Wildman–Crippen MR) is 78.6 cm³/mol.